The monoisotopic (exact) mass is 464 g/mol. The summed E-state index contributed by atoms with van der Waals surface area (Å²) in [6.07, 6.45) is 4.28. The number of carbonyl (C=O) groups excluding carboxylic acids is 1. The summed E-state index contributed by atoms with van der Waals surface area (Å²) in [6, 6.07) is 14.4. The molecule has 1 amide bonds. The molecule has 172 valence electrons. The van der Waals surface area contributed by atoms with Gasteiger partial charge >= 0.3 is 6.09 Å². The van der Waals surface area contributed by atoms with Crippen molar-refractivity contribution in [2.75, 3.05) is 38.7 Å². The molecule has 0 unspecified atom stereocenters. The van der Waals surface area contributed by atoms with E-state index in [-0.39, 0.29) is 12.8 Å². The lowest BCUT2D eigenvalue weighted by atomic mass is 9.93. The van der Waals surface area contributed by atoms with Gasteiger partial charge in [-0.1, -0.05) is 18.2 Å². The number of allylic oxidation sites excluding steroid dienone is 1. The molecule has 1 atom stereocenters. The predicted octanol–water partition coefficient (Wildman–Crippen LogP) is 4.94. The maximum absolute atomic E-state index is 12.4. The number of benzene rings is 2. The van der Waals surface area contributed by atoms with E-state index in [1.807, 2.05) is 24.3 Å². The molecule has 2 radical (unpaired) electrons. The summed E-state index contributed by atoms with van der Waals surface area (Å²) in [7, 11) is 1.36. The standard InChI is InChI=1S/C26H30FN2O3.Al/c1-31-26(30)28-21-9-12-25-20(17-21)5-2-3-6-24(25)19-7-10-22(11-8-19)32-23-13-16-29(18-23)15-4-14-27;/h7-12,17,23H,2-5,13-16,18H2,1H3,(H,28,30);/t23-;/m0./s1. The van der Waals surface area contributed by atoms with Gasteiger partial charge in [0, 0.05) is 25.3 Å². The van der Waals surface area contributed by atoms with E-state index in [9.17, 15) is 9.18 Å². The molecule has 7 heteroatoms. The predicted molar refractivity (Wildman–Crippen MR) is 130 cm³/mol. The number of alkyl halides is 1. The Kier molecular flexibility index (Phi) is 8.08. The molecule has 1 N–H and O–H groups in total. The van der Waals surface area contributed by atoms with Crippen molar-refractivity contribution in [3.8, 4) is 5.75 Å². The molecule has 5 nitrogen and oxygen atoms in total. The molecule has 2 aromatic rings. The molecule has 2 aromatic carbocycles. The van der Waals surface area contributed by atoms with Crippen molar-refractivity contribution in [2.24, 2.45) is 0 Å². The van der Waals surface area contributed by atoms with Crippen LogP contribution in [0.25, 0.3) is 5.57 Å². The molecule has 0 bridgehead atoms. The van der Waals surface area contributed by atoms with E-state index >= 15 is 0 Å². The number of nitrogens with zero attached hydrogens (tertiary/aromatic N) is 1. The van der Waals surface area contributed by atoms with Crippen molar-refractivity contribution < 1.29 is 18.7 Å². The van der Waals surface area contributed by atoms with Crippen molar-refractivity contribution >= 4 is 33.6 Å². The Labute approximate surface area is 203 Å². The van der Waals surface area contributed by atoms with E-state index in [2.05, 4.69) is 44.7 Å². The van der Waals surface area contributed by atoms with Crippen LogP contribution < -0.4 is 10.1 Å². The number of halogens is 1. The Balaban J connectivity index is 1.50. The van der Waals surface area contributed by atoms with Crippen LogP contribution in [0, 0.1) is 0 Å². The third-order valence-electron chi connectivity index (χ3n) is 6.30. The van der Waals surface area contributed by atoms with Crippen LogP contribution >= 0.6 is 0 Å². The van der Waals surface area contributed by atoms with E-state index in [0.29, 0.717) is 6.42 Å². The van der Waals surface area contributed by atoms with E-state index in [0.717, 1.165) is 62.3 Å². The average molecular weight is 465 g/mol. The van der Waals surface area contributed by atoms with E-state index in [4.69, 9.17) is 9.47 Å². The van der Waals surface area contributed by atoms with Gasteiger partial charge < -0.3 is 9.47 Å². The second-order valence-corrected chi connectivity index (χ2v) is 9.34. The second kappa shape index (κ2) is 11.2. The van der Waals surface area contributed by atoms with Gasteiger partial charge in [-0.25, -0.2) is 4.79 Å². The lowest BCUT2D eigenvalue weighted by Crippen LogP contribution is -2.26. The van der Waals surface area contributed by atoms with Crippen LogP contribution in [0.5, 0.6) is 5.75 Å². The Morgan fingerprint density at radius 3 is 2.79 bits per heavy atom. The molecule has 0 spiro atoms. The van der Waals surface area contributed by atoms with Crippen LogP contribution in [-0.2, 0) is 11.2 Å². The second-order valence-electron chi connectivity index (χ2n) is 8.64. The molecule has 1 saturated heterocycles. The zero-order valence-corrected chi connectivity index (χ0v) is 20.3. The van der Waals surface area contributed by atoms with Gasteiger partial charge in [0.15, 0.2) is 16.3 Å². The molecule has 1 heterocycles. The number of ether oxygens (including phenoxy) is 2. The minimum Gasteiger partial charge on any atom is -0.489 e. The van der Waals surface area contributed by atoms with Crippen LogP contribution in [0.2, 0.25) is 0 Å². The van der Waals surface area contributed by atoms with Crippen LogP contribution in [0.15, 0.2) is 46.9 Å². The minimum absolute atomic E-state index is 0.159. The van der Waals surface area contributed by atoms with Gasteiger partial charge in [-0.15, -0.1) is 0 Å². The third kappa shape index (κ3) is 5.97. The molecule has 0 aromatic heterocycles. The molecular formula is C26H30AlFN2O3. The number of rotatable bonds is 7. The molecule has 1 aliphatic carbocycles. The summed E-state index contributed by atoms with van der Waals surface area (Å²) in [6.45, 7) is 2.37. The molecule has 33 heavy (non-hydrogen) atoms. The third-order valence-corrected chi connectivity index (χ3v) is 6.88. The van der Waals surface area contributed by atoms with Gasteiger partial charge in [-0.2, -0.15) is 4.44 Å². The highest BCUT2D eigenvalue weighted by molar-refractivity contribution is 6.26. The number of hydrogen-bond donors (Lipinski definition) is 1. The topological polar surface area (TPSA) is 50.8 Å². The Bertz CT molecular complexity index is 1010. The van der Waals surface area contributed by atoms with Gasteiger partial charge in [0.2, 0.25) is 0 Å². The average Bonchev–Trinajstić information content (AvgIpc) is 3.20. The number of anilines is 1. The lowest BCUT2D eigenvalue weighted by molar-refractivity contribution is 0.187. The number of aryl methyl sites for hydroxylation is 1. The number of nitrogens with one attached hydrogen (secondary N) is 1. The summed E-state index contributed by atoms with van der Waals surface area (Å²) in [5, 5.41) is 2.76. The number of likely N-dealkylation sites (tertiary alicyclic amines) is 1. The summed E-state index contributed by atoms with van der Waals surface area (Å²) in [5.41, 5.74) is 5.53. The fourth-order valence-electron chi connectivity index (χ4n) is 4.67. The summed E-state index contributed by atoms with van der Waals surface area (Å²) < 4.78 is 24.6. The number of methoxy groups -OCH3 is 1. The first-order valence-electron chi connectivity index (χ1n) is 11.6. The van der Waals surface area contributed by atoms with E-state index in [1.165, 1.54) is 28.2 Å². The zero-order chi connectivity index (χ0) is 23.2. The molecule has 4 rings (SSSR count). The van der Waals surface area contributed by atoms with Crippen LogP contribution in [0.3, 0.4) is 0 Å². The Hall–Kier alpha value is -2.33. The first-order valence-corrected chi connectivity index (χ1v) is 12.2. The van der Waals surface area contributed by atoms with Crippen LogP contribution in [0.1, 0.15) is 42.4 Å². The van der Waals surface area contributed by atoms with Crippen molar-refractivity contribution in [1.82, 2.24) is 4.90 Å². The summed E-state index contributed by atoms with van der Waals surface area (Å²) in [5.74, 6) is 0.869. The number of carbonyl (C=O) groups is 1. The van der Waals surface area contributed by atoms with Gasteiger partial charge in [-0.05, 0) is 78.6 Å². The number of hydrogen-bond acceptors (Lipinski definition) is 4. The first kappa shape index (κ1) is 23.8. The number of fused-ring (bicyclic) bond motifs is 1. The van der Waals surface area contributed by atoms with Crippen LogP contribution in [0.4, 0.5) is 14.9 Å². The molecule has 1 aliphatic heterocycles. The smallest absolute Gasteiger partial charge is 0.411 e. The first-order chi connectivity index (χ1) is 16.1. The minimum atomic E-state index is -0.463. The quantitative estimate of drug-likeness (QED) is 0.590. The zero-order valence-electron chi connectivity index (χ0n) is 19.1. The van der Waals surface area contributed by atoms with Gasteiger partial charge in [0.25, 0.3) is 0 Å². The lowest BCUT2D eigenvalue weighted by Gasteiger charge is -2.18. The fourth-order valence-corrected chi connectivity index (χ4v) is 5.20. The molecule has 2 aliphatic rings. The van der Waals surface area contributed by atoms with E-state index < -0.39 is 6.09 Å². The van der Waals surface area contributed by atoms with Crippen molar-refractivity contribution in [3.05, 3.63) is 63.6 Å². The summed E-state index contributed by atoms with van der Waals surface area (Å²) >= 11 is 2.93. The highest BCUT2D eigenvalue weighted by Crippen LogP contribution is 2.36. The van der Waals surface area contributed by atoms with Crippen LogP contribution in [-0.4, -0.2) is 66.8 Å². The Morgan fingerprint density at radius 1 is 1.21 bits per heavy atom. The highest BCUT2D eigenvalue weighted by Gasteiger charge is 2.23. The molecule has 0 saturated carbocycles. The maximum atomic E-state index is 12.4. The molecule has 1 fully saturated rings. The van der Waals surface area contributed by atoms with Crippen molar-refractivity contribution in [3.63, 3.8) is 0 Å². The van der Waals surface area contributed by atoms with Gasteiger partial charge in [-0.3, -0.25) is 14.6 Å². The fraction of sp³-hybridized carbons (Fsp3) is 0.423. The van der Waals surface area contributed by atoms with E-state index in [1.54, 1.807) is 0 Å². The normalized spacial score (nSPS) is 18.5. The van der Waals surface area contributed by atoms with Crippen molar-refractivity contribution in [2.45, 2.75) is 38.2 Å². The van der Waals surface area contributed by atoms with Gasteiger partial charge in [0.1, 0.15) is 11.9 Å². The van der Waals surface area contributed by atoms with Gasteiger partial charge in [0.05, 0.1) is 13.8 Å². The highest BCUT2D eigenvalue weighted by atomic mass is 27.0. The Morgan fingerprint density at radius 2 is 2.03 bits per heavy atom. The largest absolute Gasteiger partial charge is 0.489 e. The molecular weight excluding hydrogens is 434 g/mol. The van der Waals surface area contributed by atoms with Crippen molar-refractivity contribution in [1.29, 1.82) is 0 Å². The summed E-state index contributed by atoms with van der Waals surface area (Å²) in [4.78, 5) is 13.9. The number of amides is 1. The maximum Gasteiger partial charge on any atom is 0.411 e. The SMILES string of the molecule is COC(=O)Nc1ccc2c(c1)CCC[C]([Al])=C2c1ccc(O[C@H]2CCN(CCCF)C2)cc1.